The topological polar surface area (TPSA) is 33.4 Å². The van der Waals surface area contributed by atoms with Gasteiger partial charge in [-0.15, -0.1) is 0 Å². The standard InChI is InChI=1S/C14H13ClO2/c15-13-7-6-12(17-13)14(16)11-8-10(11)9-4-2-1-3-5-9/h1-7,10-11,14,16H,8H2. The zero-order chi connectivity index (χ0) is 11.8. The highest BCUT2D eigenvalue weighted by Gasteiger charge is 2.44. The minimum absolute atomic E-state index is 0.250. The average Bonchev–Trinajstić information content (AvgIpc) is 3.05. The van der Waals surface area contributed by atoms with E-state index in [1.54, 1.807) is 12.1 Å². The third-order valence-corrected chi connectivity index (χ3v) is 3.56. The van der Waals surface area contributed by atoms with Crippen LogP contribution in [-0.2, 0) is 0 Å². The summed E-state index contributed by atoms with van der Waals surface area (Å²) in [5.41, 5.74) is 1.29. The predicted molar refractivity (Wildman–Crippen MR) is 66.0 cm³/mol. The molecule has 3 atom stereocenters. The molecule has 0 saturated heterocycles. The normalized spacial score (nSPS) is 24.6. The molecule has 2 aromatic rings. The van der Waals surface area contributed by atoms with Crippen LogP contribution in [0, 0.1) is 5.92 Å². The van der Waals surface area contributed by atoms with Gasteiger partial charge in [-0.05, 0) is 47.6 Å². The van der Waals surface area contributed by atoms with E-state index in [-0.39, 0.29) is 5.92 Å². The molecule has 1 N–H and O–H groups in total. The third kappa shape index (κ3) is 2.11. The van der Waals surface area contributed by atoms with Gasteiger partial charge in [-0.3, -0.25) is 0 Å². The molecule has 17 heavy (non-hydrogen) atoms. The van der Waals surface area contributed by atoms with Crippen LogP contribution in [0.1, 0.15) is 29.8 Å². The number of aliphatic hydroxyl groups is 1. The van der Waals surface area contributed by atoms with E-state index in [1.807, 2.05) is 18.2 Å². The number of hydrogen-bond donors (Lipinski definition) is 1. The lowest BCUT2D eigenvalue weighted by molar-refractivity contribution is 0.125. The lowest BCUT2D eigenvalue weighted by Crippen LogP contribution is -1.99. The van der Waals surface area contributed by atoms with Gasteiger partial charge in [0.2, 0.25) is 0 Å². The second-order valence-electron chi connectivity index (χ2n) is 4.50. The Bertz CT molecular complexity index is 506. The van der Waals surface area contributed by atoms with Crippen LogP contribution in [0.5, 0.6) is 0 Å². The lowest BCUT2D eigenvalue weighted by Gasteiger charge is -2.06. The molecule has 1 aliphatic rings. The summed E-state index contributed by atoms with van der Waals surface area (Å²) in [4.78, 5) is 0. The molecule has 3 unspecified atom stereocenters. The molecule has 0 spiro atoms. The maximum Gasteiger partial charge on any atom is 0.193 e. The van der Waals surface area contributed by atoms with E-state index in [1.165, 1.54) is 5.56 Å². The molecule has 0 radical (unpaired) electrons. The van der Waals surface area contributed by atoms with E-state index in [4.69, 9.17) is 16.0 Å². The smallest absolute Gasteiger partial charge is 0.193 e. The Balaban J connectivity index is 1.73. The van der Waals surface area contributed by atoms with E-state index < -0.39 is 6.10 Å². The summed E-state index contributed by atoms with van der Waals surface area (Å²) in [6.07, 6.45) is 0.455. The fourth-order valence-electron chi connectivity index (χ4n) is 2.35. The molecular formula is C14H13ClO2. The Labute approximate surface area is 105 Å². The summed E-state index contributed by atoms with van der Waals surface area (Å²) in [5, 5.41) is 10.5. The van der Waals surface area contributed by atoms with Gasteiger partial charge < -0.3 is 9.52 Å². The van der Waals surface area contributed by atoms with Crippen LogP contribution in [0.3, 0.4) is 0 Å². The predicted octanol–water partition coefficient (Wildman–Crippen LogP) is 3.77. The van der Waals surface area contributed by atoms with E-state index in [2.05, 4.69) is 12.1 Å². The van der Waals surface area contributed by atoms with E-state index >= 15 is 0 Å². The largest absolute Gasteiger partial charge is 0.447 e. The molecule has 0 bridgehead atoms. The van der Waals surface area contributed by atoms with Crippen molar-refractivity contribution in [3.63, 3.8) is 0 Å². The maximum atomic E-state index is 10.2. The Morgan fingerprint density at radius 1 is 1.18 bits per heavy atom. The summed E-state index contributed by atoms with van der Waals surface area (Å²) < 4.78 is 5.25. The van der Waals surface area contributed by atoms with Gasteiger partial charge in [-0.2, -0.15) is 0 Å². The lowest BCUT2D eigenvalue weighted by atomic mass is 10.1. The van der Waals surface area contributed by atoms with Crippen LogP contribution in [0.25, 0.3) is 0 Å². The van der Waals surface area contributed by atoms with Crippen molar-refractivity contribution in [3.05, 3.63) is 59.0 Å². The first-order valence-electron chi connectivity index (χ1n) is 5.74. The van der Waals surface area contributed by atoms with E-state index in [0.717, 1.165) is 6.42 Å². The summed E-state index contributed by atoms with van der Waals surface area (Å²) >= 11 is 5.71. The van der Waals surface area contributed by atoms with Crippen LogP contribution in [0.2, 0.25) is 5.22 Å². The molecule has 0 aliphatic heterocycles. The number of benzene rings is 1. The Morgan fingerprint density at radius 3 is 2.59 bits per heavy atom. The second kappa shape index (κ2) is 4.21. The zero-order valence-corrected chi connectivity index (χ0v) is 9.97. The summed E-state index contributed by atoms with van der Waals surface area (Å²) in [7, 11) is 0. The fraction of sp³-hybridized carbons (Fsp3) is 0.286. The van der Waals surface area contributed by atoms with Gasteiger partial charge in [-0.25, -0.2) is 0 Å². The van der Waals surface area contributed by atoms with Crippen molar-refractivity contribution < 1.29 is 9.52 Å². The van der Waals surface area contributed by atoms with Gasteiger partial charge in [0, 0.05) is 0 Å². The highest BCUT2D eigenvalue weighted by molar-refractivity contribution is 6.28. The molecule has 0 amide bonds. The van der Waals surface area contributed by atoms with Crippen LogP contribution < -0.4 is 0 Å². The molecule has 1 heterocycles. The minimum Gasteiger partial charge on any atom is -0.447 e. The summed E-state index contributed by atoms with van der Waals surface area (Å²) in [6.45, 7) is 0. The molecule has 3 rings (SSSR count). The number of furan rings is 1. The van der Waals surface area contributed by atoms with Gasteiger partial charge >= 0.3 is 0 Å². The van der Waals surface area contributed by atoms with Crippen molar-refractivity contribution in [1.82, 2.24) is 0 Å². The van der Waals surface area contributed by atoms with Crippen molar-refractivity contribution in [2.24, 2.45) is 5.92 Å². The summed E-state index contributed by atoms with van der Waals surface area (Å²) in [6, 6.07) is 13.7. The van der Waals surface area contributed by atoms with Crippen LogP contribution in [0.4, 0.5) is 0 Å². The first-order chi connectivity index (χ1) is 8.25. The van der Waals surface area contributed by atoms with E-state index in [0.29, 0.717) is 16.9 Å². The molecule has 1 aromatic heterocycles. The van der Waals surface area contributed by atoms with Crippen LogP contribution in [0.15, 0.2) is 46.9 Å². The van der Waals surface area contributed by atoms with Gasteiger partial charge in [0.15, 0.2) is 5.22 Å². The molecule has 1 fully saturated rings. The third-order valence-electron chi connectivity index (χ3n) is 3.36. The molecule has 2 nitrogen and oxygen atoms in total. The van der Waals surface area contributed by atoms with Gasteiger partial charge in [-0.1, -0.05) is 30.3 Å². The molecule has 1 saturated carbocycles. The molecule has 1 aromatic carbocycles. The number of halogens is 1. The first kappa shape index (κ1) is 10.9. The van der Waals surface area contributed by atoms with Gasteiger partial charge in [0.1, 0.15) is 11.9 Å². The minimum atomic E-state index is -0.548. The van der Waals surface area contributed by atoms with Crippen molar-refractivity contribution in [2.45, 2.75) is 18.4 Å². The Morgan fingerprint density at radius 2 is 1.94 bits per heavy atom. The number of hydrogen-bond acceptors (Lipinski definition) is 2. The first-order valence-corrected chi connectivity index (χ1v) is 6.12. The SMILES string of the molecule is OC(c1ccc(Cl)o1)C1CC1c1ccccc1. The highest BCUT2D eigenvalue weighted by atomic mass is 35.5. The van der Waals surface area contributed by atoms with Gasteiger partial charge in [0.25, 0.3) is 0 Å². The quantitative estimate of drug-likeness (QED) is 0.897. The van der Waals surface area contributed by atoms with Crippen LogP contribution >= 0.6 is 11.6 Å². The number of rotatable bonds is 3. The zero-order valence-electron chi connectivity index (χ0n) is 9.21. The molecule has 3 heteroatoms. The summed E-state index contributed by atoms with van der Waals surface area (Å²) in [5.74, 6) is 1.26. The van der Waals surface area contributed by atoms with Crippen molar-refractivity contribution in [1.29, 1.82) is 0 Å². The Hall–Kier alpha value is -1.25. The fourth-order valence-corrected chi connectivity index (χ4v) is 2.50. The van der Waals surface area contributed by atoms with Crippen LogP contribution in [-0.4, -0.2) is 5.11 Å². The van der Waals surface area contributed by atoms with E-state index in [9.17, 15) is 5.11 Å². The monoisotopic (exact) mass is 248 g/mol. The molecule has 1 aliphatic carbocycles. The average molecular weight is 249 g/mol. The second-order valence-corrected chi connectivity index (χ2v) is 4.88. The molecule has 88 valence electrons. The van der Waals surface area contributed by atoms with Gasteiger partial charge in [0.05, 0.1) is 0 Å². The highest BCUT2D eigenvalue weighted by Crippen LogP contribution is 2.54. The van der Waals surface area contributed by atoms with Crippen molar-refractivity contribution >= 4 is 11.6 Å². The maximum absolute atomic E-state index is 10.2. The number of aliphatic hydroxyl groups excluding tert-OH is 1. The Kier molecular flexibility index (Phi) is 2.69. The van der Waals surface area contributed by atoms with Crippen molar-refractivity contribution in [3.8, 4) is 0 Å². The molecular weight excluding hydrogens is 236 g/mol. The van der Waals surface area contributed by atoms with Crippen molar-refractivity contribution in [2.75, 3.05) is 0 Å².